The summed E-state index contributed by atoms with van der Waals surface area (Å²) in [6.07, 6.45) is 2.43. The predicted molar refractivity (Wildman–Crippen MR) is 63.1 cm³/mol. The van der Waals surface area contributed by atoms with Gasteiger partial charge in [0.25, 0.3) is 0 Å². The van der Waals surface area contributed by atoms with E-state index < -0.39 is 0 Å². The van der Waals surface area contributed by atoms with Gasteiger partial charge >= 0.3 is 0 Å². The topological polar surface area (TPSA) is 42.2 Å². The third-order valence-corrected chi connectivity index (χ3v) is 3.03. The molecule has 0 spiro atoms. The minimum absolute atomic E-state index is 0.485. The fourth-order valence-electron chi connectivity index (χ4n) is 2.35. The van der Waals surface area contributed by atoms with E-state index in [1.54, 1.807) is 0 Å². The maximum Gasteiger partial charge on any atom is 0.129 e. The summed E-state index contributed by atoms with van der Waals surface area (Å²) >= 11 is 0. The van der Waals surface area contributed by atoms with E-state index in [4.69, 9.17) is 5.73 Å². The van der Waals surface area contributed by atoms with Crippen molar-refractivity contribution in [2.24, 2.45) is 5.73 Å². The van der Waals surface area contributed by atoms with E-state index in [9.17, 15) is 0 Å². The lowest BCUT2D eigenvalue weighted by molar-refractivity contribution is 0.670. The number of nitrogens with two attached hydrogens (primary N) is 1. The molecule has 1 aromatic heterocycles. The molecular formula is C12H19N3. The molecule has 0 saturated carbocycles. The number of hydrogen-bond donors (Lipinski definition) is 1. The highest BCUT2D eigenvalue weighted by molar-refractivity contribution is 5.44. The van der Waals surface area contributed by atoms with Crippen LogP contribution in [0.3, 0.4) is 0 Å². The summed E-state index contributed by atoms with van der Waals surface area (Å²) in [6.45, 7) is 5.99. The molecule has 1 atom stereocenters. The van der Waals surface area contributed by atoms with Gasteiger partial charge in [-0.25, -0.2) is 4.98 Å². The Hall–Kier alpha value is -1.09. The fraction of sp³-hybridized carbons (Fsp3) is 0.583. The number of anilines is 1. The Morgan fingerprint density at radius 1 is 1.47 bits per heavy atom. The maximum absolute atomic E-state index is 5.77. The van der Waals surface area contributed by atoms with E-state index in [1.807, 2.05) is 6.92 Å². The average Bonchev–Trinajstić information content (AvgIpc) is 2.63. The summed E-state index contributed by atoms with van der Waals surface area (Å²) in [4.78, 5) is 6.93. The van der Waals surface area contributed by atoms with Crippen LogP contribution in [-0.4, -0.2) is 24.1 Å². The molecule has 1 aromatic rings. The monoisotopic (exact) mass is 205 g/mol. The molecule has 1 aliphatic heterocycles. The minimum atomic E-state index is 0.485. The first-order valence-corrected chi connectivity index (χ1v) is 5.62. The van der Waals surface area contributed by atoms with E-state index in [1.165, 1.54) is 18.4 Å². The molecule has 3 heteroatoms. The maximum atomic E-state index is 5.77. The van der Waals surface area contributed by atoms with Gasteiger partial charge in [-0.15, -0.1) is 0 Å². The van der Waals surface area contributed by atoms with Crippen molar-refractivity contribution in [3.8, 4) is 0 Å². The summed E-state index contributed by atoms with van der Waals surface area (Å²) in [5, 5.41) is 0. The van der Waals surface area contributed by atoms with Crippen molar-refractivity contribution in [1.29, 1.82) is 0 Å². The first kappa shape index (κ1) is 10.4. The van der Waals surface area contributed by atoms with E-state index in [-0.39, 0.29) is 0 Å². The molecule has 1 saturated heterocycles. The summed E-state index contributed by atoms with van der Waals surface area (Å²) in [6, 6.07) is 4.75. The summed E-state index contributed by atoms with van der Waals surface area (Å²) in [7, 11) is 0. The molecule has 0 aliphatic carbocycles. The Bertz CT molecular complexity index is 328. The summed E-state index contributed by atoms with van der Waals surface area (Å²) in [5.74, 6) is 1.10. The standard InChI is InChI=1S/C12H19N3/c1-9-6-10(2)14-12(7-9)15-5-3-4-11(15)8-13/h6-7,11H,3-5,8,13H2,1-2H3. The zero-order chi connectivity index (χ0) is 10.8. The molecule has 0 amide bonds. The predicted octanol–water partition coefficient (Wildman–Crippen LogP) is 1.63. The highest BCUT2D eigenvalue weighted by Crippen LogP contribution is 2.24. The Kier molecular flexibility index (Phi) is 2.91. The SMILES string of the molecule is Cc1cc(C)nc(N2CCCC2CN)c1. The third-order valence-electron chi connectivity index (χ3n) is 3.03. The Morgan fingerprint density at radius 3 is 2.93 bits per heavy atom. The van der Waals surface area contributed by atoms with E-state index in [0.29, 0.717) is 6.04 Å². The van der Waals surface area contributed by atoms with Crippen molar-refractivity contribution in [3.05, 3.63) is 23.4 Å². The number of aryl methyl sites for hydroxylation is 2. The number of pyridine rings is 1. The van der Waals surface area contributed by atoms with Crippen LogP contribution in [0, 0.1) is 13.8 Å². The first-order chi connectivity index (χ1) is 7.20. The lowest BCUT2D eigenvalue weighted by Crippen LogP contribution is -2.36. The molecule has 0 bridgehead atoms. The smallest absolute Gasteiger partial charge is 0.129 e. The second-order valence-corrected chi connectivity index (χ2v) is 4.37. The van der Waals surface area contributed by atoms with Gasteiger partial charge in [0.15, 0.2) is 0 Å². The van der Waals surface area contributed by atoms with Crippen LogP contribution in [0.5, 0.6) is 0 Å². The molecule has 1 fully saturated rings. The second kappa shape index (κ2) is 4.19. The molecule has 3 nitrogen and oxygen atoms in total. The molecule has 0 aromatic carbocycles. The fourth-order valence-corrected chi connectivity index (χ4v) is 2.35. The van der Waals surface area contributed by atoms with Crippen LogP contribution in [0.15, 0.2) is 12.1 Å². The van der Waals surface area contributed by atoms with Gasteiger partial charge in [0.1, 0.15) is 5.82 Å². The van der Waals surface area contributed by atoms with Crippen LogP contribution >= 0.6 is 0 Å². The van der Waals surface area contributed by atoms with Gasteiger partial charge in [0.05, 0.1) is 0 Å². The summed E-state index contributed by atoms with van der Waals surface area (Å²) < 4.78 is 0. The van der Waals surface area contributed by atoms with Gasteiger partial charge in [-0.05, 0) is 44.4 Å². The molecule has 2 rings (SSSR count). The number of hydrogen-bond acceptors (Lipinski definition) is 3. The van der Waals surface area contributed by atoms with Gasteiger partial charge in [-0.1, -0.05) is 0 Å². The molecule has 2 heterocycles. The van der Waals surface area contributed by atoms with Crippen molar-refractivity contribution in [1.82, 2.24) is 4.98 Å². The molecule has 0 radical (unpaired) electrons. The van der Waals surface area contributed by atoms with Crippen LogP contribution in [0.4, 0.5) is 5.82 Å². The average molecular weight is 205 g/mol. The third kappa shape index (κ3) is 2.12. The lowest BCUT2D eigenvalue weighted by Gasteiger charge is -2.25. The molecule has 15 heavy (non-hydrogen) atoms. The van der Waals surface area contributed by atoms with Crippen LogP contribution in [0.1, 0.15) is 24.1 Å². The largest absolute Gasteiger partial charge is 0.352 e. The second-order valence-electron chi connectivity index (χ2n) is 4.37. The van der Waals surface area contributed by atoms with Gasteiger partial charge in [0, 0.05) is 24.8 Å². The van der Waals surface area contributed by atoms with Crippen molar-refractivity contribution >= 4 is 5.82 Å². The van der Waals surface area contributed by atoms with Crippen LogP contribution in [0.25, 0.3) is 0 Å². The van der Waals surface area contributed by atoms with Crippen molar-refractivity contribution in [2.45, 2.75) is 32.7 Å². The number of nitrogens with zero attached hydrogens (tertiary/aromatic N) is 2. The number of aromatic nitrogens is 1. The Labute approximate surface area is 91.3 Å². The molecular weight excluding hydrogens is 186 g/mol. The quantitative estimate of drug-likeness (QED) is 0.798. The molecule has 82 valence electrons. The summed E-state index contributed by atoms with van der Waals surface area (Å²) in [5.41, 5.74) is 8.14. The van der Waals surface area contributed by atoms with E-state index in [0.717, 1.165) is 24.6 Å². The van der Waals surface area contributed by atoms with Crippen molar-refractivity contribution < 1.29 is 0 Å². The minimum Gasteiger partial charge on any atom is -0.352 e. The normalized spacial score (nSPS) is 21.0. The molecule has 2 N–H and O–H groups in total. The van der Waals surface area contributed by atoms with Gasteiger partial charge in [-0.2, -0.15) is 0 Å². The number of rotatable bonds is 2. The van der Waals surface area contributed by atoms with Gasteiger partial charge in [0.2, 0.25) is 0 Å². The van der Waals surface area contributed by atoms with Crippen molar-refractivity contribution in [2.75, 3.05) is 18.0 Å². The molecule has 1 aliphatic rings. The van der Waals surface area contributed by atoms with E-state index in [2.05, 4.69) is 28.9 Å². The van der Waals surface area contributed by atoms with E-state index >= 15 is 0 Å². The first-order valence-electron chi connectivity index (χ1n) is 5.62. The lowest BCUT2D eigenvalue weighted by atomic mass is 10.2. The van der Waals surface area contributed by atoms with Crippen molar-refractivity contribution in [3.63, 3.8) is 0 Å². The van der Waals surface area contributed by atoms with Gasteiger partial charge in [-0.3, -0.25) is 0 Å². The highest BCUT2D eigenvalue weighted by Gasteiger charge is 2.24. The Morgan fingerprint density at radius 2 is 2.27 bits per heavy atom. The zero-order valence-corrected chi connectivity index (χ0v) is 9.53. The van der Waals surface area contributed by atoms with Gasteiger partial charge < -0.3 is 10.6 Å². The van der Waals surface area contributed by atoms with Crippen LogP contribution in [0.2, 0.25) is 0 Å². The molecule has 1 unspecified atom stereocenters. The van der Waals surface area contributed by atoms with Crippen LogP contribution in [-0.2, 0) is 0 Å². The highest BCUT2D eigenvalue weighted by atomic mass is 15.2. The van der Waals surface area contributed by atoms with Crippen LogP contribution < -0.4 is 10.6 Å². The Balaban J connectivity index is 2.28. The zero-order valence-electron chi connectivity index (χ0n) is 9.53.